The Balaban J connectivity index is 0.997. The van der Waals surface area contributed by atoms with Gasteiger partial charge in [0, 0.05) is 30.8 Å². The van der Waals surface area contributed by atoms with Crippen molar-refractivity contribution in [3.8, 4) is 16.9 Å². The number of nitrogens with zero attached hydrogens (tertiary/aromatic N) is 1. The quantitative estimate of drug-likeness (QED) is 0.0724. The number of phenolic OH excluding ortho intramolecular Hbond substituents is 1. The normalized spacial score (nSPS) is 15.1. The molecule has 0 aromatic heterocycles. The van der Waals surface area contributed by atoms with Gasteiger partial charge in [0.1, 0.15) is 11.9 Å². The molecule has 0 unspecified atom stereocenters. The van der Waals surface area contributed by atoms with Crippen molar-refractivity contribution < 1.29 is 24.2 Å². The predicted molar refractivity (Wildman–Crippen MR) is 212 cm³/mol. The largest absolute Gasteiger partial charge is 0.508 e. The molecule has 1 fully saturated rings. The van der Waals surface area contributed by atoms with Crippen LogP contribution >= 0.6 is 0 Å². The van der Waals surface area contributed by atoms with Crippen LogP contribution in [0.2, 0.25) is 18.1 Å². The average molecular weight is 718 g/mol. The van der Waals surface area contributed by atoms with Crippen molar-refractivity contribution in [1.82, 2.24) is 10.2 Å². The van der Waals surface area contributed by atoms with Crippen molar-refractivity contribution in [1.29, 1.82) is 0 Å². The average Bonchev–Trinajstić information content (AvgIpc) is 3.11. The highest BCUT2D eigenvalue weighted by molar-refractivity contribution is 6.74. The third-order valence-corrected chi connectivity index (χ3v) is 15.1. The number of piperidine rings is 1. The fourth-order valence-corrected chi connectivity index (χ4v) is 7.18. The van der Waals surface area contributed by atoms with Gasteiger partial charge in [0.05, 0.1) is 18.4 Å². The summed E-state index contributed by atoms with van der Waals surface area (Å²) >= 11 is 0. The zero-order valence-corrected chi connectivity index (χ0v) is 32.8. The van der Waals surface area contributed by atoms with Gasteiger partial charge in [-0.05, 0) is 86.2 Å². The number of anilines is 1. The van der Waals surface area contributed by atoms with Gasteiger partial charge < -0.3 is 29.6 Å². The van der Waals surface area contributed by atoms with E-state index in [4.69, 9.17) is 9.16 Å². The Hall–Kier alpha value is -3.21. The Morgan fingerprint density at radius 3 is 2.25 bits per heavy atom. The molecule has 3 aromatic rings. The van der Waals surface area contributed by atoms with Crippen molar-refractivity contribution >= 4 is 20.1 Å². The van der Waals surface area contributed by atoms with Crippen LogP contribution in [-0.4, -0.2) is 68.4 Å². The summed E-state index contributed by atoms with van der Waals surface area (Å²) in [4.78, 5) is 15.2. The van der Waals surface area contributed by atoms with E-state index in [0.29, 0.717) is 13.2 Å². The number of amides is 1. The van der Waals surface area contributed by atoms with Gasteiger partial charge in [-0.15, -0.1) is 0 Å². The van der Waals surface area contributed by atoms with Crippen LogP contribution in [0.5, 0.6) is 5.75 Å². The number of unbranched alkanes of at least 4 members (excludes halogenated alkanes) is 6. The molecule has 3 aromatic carbocycles. The molecule has 4 N–H and O–H groups in total. The number of nitrogens with one attached hydrogen (secondary N) is 2. The maximum Gasteiger partial charge on any atom is 0.411 e. The summed E-state index contributed by atoms with van der Waals surface area (Å²) < 4.78 is 12.1. The molecule has 1 aliphatic heterocycles. The van der Waals surface area contributed by atoms with Gasteiger partial charge in [-0.25, -0.2) is 4.79 Å². The van der Waals surface area contributed by atoms with E-state index in [2.05, 4.69) is 49.4 Å². The summed E-state index contributed by atoms with van der Waals surface area (Å²) in [5, 5.41) is 27.6. The van der Waals surface area contributed by atoms with Crippen LogP contribution in [0.1, 0.15) is 95.8 Å². The lowest BCUT2D eigenvalue weighted by atomic mass is 10.0. The standard InChI is InChI=1S/C42H63N3O5Si/c1-42(2,3)51(4,5)49-32-35-30-34(22-23-39(35)46)40(47)31-43-26-16-9-7-6-8-10-17-27-45-28-24-36(25-29-45)50-41(48)44-38-21-15-14-20-37(38)33-18-12-11-13-19-33/h11-15,18-23,30,36,40,43,46-47H,6-10,16-17,24-29,31-32H2,1-5H3,(H,44,48)/t40-/m0/s1. The fourth-order valence-electron chi connectivity index (χ4n) is 6.23. The Bertz CT molecular complexity index is 1470. The molecule has 0 aliphatic carbocycles. The van der Waals surface area contributed by atoms with E-state index < -0.39 is 14.4 Å². The monoisotopic (exact) mass is 717 g/mol. The van der Waals surface area contributed by atoms with E-state index in [-0.39, 0.29) is 23.0 Å². The molecule has 280 valence electrons. The number of phenols is 1. The van der Waals surface area contributed by atoms with Crippen LogP contribution in [0.15, 0.2) is 72.8 Å². The Morgan fingerprint density at radius 1 is 0.902 bits per heavy atom. The van der Waals surface area contributed by atoms with Crippen LogP contribution < -0.4 is 10.6 Å². The summed E-state index contributed by atoms with van der Waals surface area (Å²) in [5.41, 5.74) is 4.35. The number of rotatable bonds is 19. The van der Waals surface area contributed by atoms with Gasteiger partial charge >= 0.3 is 6.09 Å². The minimum absolute atomic E-state index is 0.0407. The van der Waals surface area contributed by atoms with E-state index in [1.165, 1.54) is 38.5 Å². The SMILES string of the molecule is CC(C)(C)[Si](C)(C)OCc1cc([C@@H](O)CNCCCCCCCCCN2CCC(OC(=O)Nc3ccccc3-c3ccccc3)CC2)ccc1O. The second kappa shape index (κ2) is 20.1. The van der Waals surface area contributed by atoms with Gasteiger partial charge in [-0.3, -0.25) is 5.32 Å². The molecule has 1 amide bonds. The molecule has 0 spiro atoms. The van der Waals surface area contributed by atoms with Gasteiger partial charge in [-0.2, -0.15) is 0 Å². The number of aromatic hydroxyl groups is 1. The molecule has 0 saturated carbocycles. The summed E-state index contributed by atoms with van der Waals surface area (Å²) in [5.74, 6) is 0.216. The number of likely N-dealkylation sites (tertiary alicyclic amines) is 1. The summed E-state index contributed by atoms with van der Waals surface area (Å²) in [6, 6.07) is 23.2. The number of ether oxygens (including phenoxy) is 1. The van der Waals surface area contributed by atoms with Crippen LogP contribution in [0, 0.1) is 0 Å². The number of benzene rings is 3. The highest BCUT2D eigenvalue weighted by Gasteiger charge is 2.37. The molecule has 4 rings (SSSR count). The van der Waals surface area contributed by atoms with Gasteiger partial charge in [0.15, 0.2) is 8.32 Å². The summed E-state index contributed by atoms with van der Waals surface area (Å²) in [6.45, 7) is 15.8. The summed E-state index contributed by atoms with van der Waals surface area (Å²) in [7, 11) is -1.94. The number of carbonyl (C=O) groups is 1. The van der Waals surface area contributed by atoms with E-state index >= 15 is 0 Å². The lowest BCUT2D eigenvalue weighted by Gasteiger charge is -2.36. The third-order valence-electron chi connectivity index (χ3n) is 10.6. The topological polar surface area (TPSA) is 103 Å². The minimum atomic E-state index is -1.94. The lowest BCUT2D eigenvalue weighted by molar-refractivity contribution is 0.0584. The lowest BCUT2D eigenvalue weighted by Crippen LogP contribution is -2.40. The number of carbonyl (C=O) groups excluding carboxylic acids is 1. The van der Waals surface area contributed by atoms with Gasteiger partial charge in [-0.1, -0.05) is 107 Å². The Morgan fingerprint density at radius 2 is 1.55 bits per heavy atom. The van der Waals surface area contributed by atoms with Crippen molar-refractivity contribution in [2.45, 2.75) is 116 Å². The molecule has 1 saturated heterocycles. The zero-order chi connectivity index (χ0) is 36.7. The highest BCUT2D eigenvalue weighted by atomic mass is 28.4. The van der Waals surface area contributed by atoms with Crippen LogP contribution in [0.4, 0.5) is 10.5 Å². The maximum absolute atomic E-state index is 12.7. The first-order chi connectivity index (χ1) is 24.4. The number of hydrogen-bond donors (Lipinski definition) is 4. The van der Waals surface area contributed by atoms with Crippen LogP contribution in [-0.2, 0) is 15.8 Å². The van der Waals surface area contributed by atoms with Crippen molar-refractivity contribution in [2.24, 2.45) is 0 Å². The molecule has 0 radical (unpaired) electrons. The van der Waals surface area contributed by atoms with Gasteiger partial charge in [0.2, 0.25) is 0 Å². The predicted octanol–water partition coefficient (Wildman–Crippen LogP) is 9.65. The first-order valence-electron chi connectivity index (χ1n) is 19.1. The molecule has 9 heteroatoms. The molecule has 1 aliphatic rings. The first-order valence-corrected chi connectivity index (χ1v) is 22.0. The highest BCUT2D eigenvalue weighted by Crippen LogP contribution is 2.38. The fraction of sp³-hybridized carbons (Fsp3) is 0.548. The molecular formula is C42H63N3O5Si. The van der Waals surface area contributed by atoms with E-state index in [1.807, 2.05) is 60.7 Å². The second-order valence-electron chi connectivity index (χ2n) is 15.6. The number of aliphatic hydroxyl groups excluding tert-OH is 1. The molecule has 1 heterocycles. The third kappa shape index (κ3) is 13.4. The van der Waals surface area contributed by atoms with Crippen LogP contribution in [0.25, 0.3) is 11.1 Å². The van der Waals surface area contributed by atoms with E-state index in [1.54, 1.807) is 12.1 Å². The maximum atomic E-state index is 12.7. The van der Waals surface area contributed by atoms with Gasteiger partial charge in [0.25, 0.3) is 0 Å². The first kappa shape index (κ1) is 40.6. The molecule has 0 bridgehead atoms. The van der Waals surface area contributed by atoms with Crippen LogP contribution in [0.3, 0.4) is 0 Å². The summed E-state index contributed by atoms with van der Waals surface area (Å²) in [6.07, 6.45) is 9.22. The Kier molecular flexibility index (Phi) is 16.0. The van der Waals surface area contributed by atoms with Crippen molar-refractivity contribution in [3.63, 3.8) is 0 Å². The zero-order valence-electron chi connectivity index (χ0n) is 31.8. The number of hydrogen-bond acceptors (Lipinski definition) is 7. The van der Waals surface area contributed by atoms with Crippen molar-refractivity contribution in [2.75, 3.05) is 38.0 Å². The van der Waals surface area contributed by atoms with Crippen molar-refractivity contribution in [3.05, 3.63) is 83.9 Å². The smallest absolute Gasteiger partial charge is 0.411 e. The Labute approximate surface area is 308 Å². The molecular weight excluding hydrogens is 655 g/mol. The van der Waals surface area contributed by atoms with E-state index in [0.717, 1.165) is 73.4 Å². The number of aliphatic hydroxyl groups is 1. The molecule has 1 atom stereocenters. The minimum Gasteiger partial charge on any atom is -0.508 e. The second-order valence-corrected chi connectivity index (χ2v) is 20.4. The van der Waals surface area contributed by atoms with E-state index in [9.17, 15) is 15.0 Å². The molecule has 8 nitrogen and oxygen atoms in total. The number of para-hydroxylation sites is 1. The molecule has 51 heavy (non-hydrogen) atoms.